The number of nitrogens with zero attached hydrogens (tertiary/aromatic N) is 4. The van der Waals surface area contributed by atoms with E-state index in [1.54, 1.807) is 0 Å². The Morgan fingerprint density at radius 2 is 0.758 bits per heavy atom. The lowest BCUT2D eigenvalue weighted by Crippen LogP contribution is -2.00. The van der Waals surface area contributed by atoms with Crippen molar-refractivity contribution in [3.05, 3.63) is 218 Å². The normalized spacial score (nSPS) is 11.5. The number of rotatable bonds is 7. The van der Waals surface area contributed by atoms with Gasteiger partial charge in [-0.05, 0) is 76.3 Å². The third-order valence-corrected chi connectivity index (χ3v) is 11.9. The Balaban J connectivity index is 0.928. The molecule has 9 aromatic carbocycles. The summed E-state index contributed by atoms with van der Waals surface area (Å²) in [5.41, 5.74) is 14.7. The maximum Gasteiger partial charge on any atom is 0.164 e. The van der Waals surface area contributed by atoms with Gasteiger partial charge in [0.15, 0.2) is 17.5 Å². The highest BCUT2D eigenvalue weighted by molar-refractivity contribution is 6.14. The van der Waals surface area contributed by atoms with Crippen LogP contribution in [0.25, 0.3) is 117 Å². The van der Waals surface area contributed by atoms with Crippen molar-refractivity contribution in [2.45, 2.75) is 0 Å². The lowest BCUT2D eigenvalue weighted by molar-refractivity contribution is 0.670. The van der Waals surface area contributed by atoms with Crippen LogP contribution in [0, 0.1) is 0 Å². The molecule has 0 radical (unpaired) electrons. The highest BCUT2D eigenvalue weighted by atomic mass is 16.3. The molecule has 0 aliphatic carbocycles. The fourth-order valence-corrected chi connectivity index (χ4v) is 8.81. The molecule has 3 heterocycles. The predicted molar refractivity (Wildman–Crippen MR) is 254 cm³/mol. The van der Waals surface area contributed by atoms with Crippen molar-refractivity contribution in [2.75, 3.05) is 0 Å². The molecule has 0 fully saturated rings. The van der Waals surface area contributed by atoms with Crippen LogP contribution in [0.4, 0.5) is 0 Å². The number of furan rings is 1. The Kier molecular flexibility index (Phi) is 8.42. The highest BCUT2D eigenvalue weighted by Gasteiger charge is 2.18. The molecule has 0 saturated carbocycles. The first-order valence-corrected chi connectivity index (χ1v) is 20.8. The van der Waals surface area contributed by atoms with Crippen LogP contribution in [0.5, 0.6) is 0 Å². The summed E-state index contributed by atoms with van der Waals surface area (Å²) in [6.45, 7) is 0. The largest absolute Gasteiger partial charge is 0.455 e. The molecule has 0 spiro atoms. The molecule has 12 aromatic rings. The van der Waals surface area contributed by atoms with E-state index >= 15 is 0 Å². The van der Waals surface area contributed by atoms with Crippen molar-refractivity contribution in [2.24, 2.45) is 0 Å². The van der Waals surface area contributed by atoms with Crippen molar-refractivity contribution in [3.63, 3.8) is 0 Å². The number of aromatic nitrogens is 4. The summed E-state index contributed by atoms with van der Waals surface area (Å²) in [6.07, 6.45) is 0. The van der Waals surface area contributed by atoms with Gasteiger partial charge >= 0.3 is 0 Å². The van der Waals surface area contributed by atoms with Crippen molar-refractivity contribution >= 4 is 43.7 Å². The molecule has 3 aromatic heterocycles. The number of benzene rings is 9. The fraction of sp³-hybridized carbons (Fsp3) is 0. The molecule has 0 amide bonds. The lowest BCUT2D eigenvalue weighted by Gasteiger charge is -2.09. The molecule has 0 aliphatic rings. The van der Waals surface area contributed by atoms with E-state index in [0.717, 1.165) is 72.1 Å². The summed E-state index contributed by atoms with van der Waals surface area (Å²) in [7, 11) is 0. The quantitative estimate of drug-likeness (QED) is 0.161. The van der Waals surface area contributed by atoms with Crippen LogP contribution in [0.15, 0.2) is 223 Å². The van der Waals surface area contributed by atoms with Crippen molar-refractivity contribution in [3.8, 4) is 73.2 Å². The van der Waals surface area contributed by atoms with E-state index in [1.807, 2.05) is 60.7 Å². The molecule has 62 heavy (non-hydrogen) atoms. The molecule has 290 valence electrons. The van der Waals surface area contributed by atoms with E-state index in [9.17, 15) is 0 Å². The maximum absolute atomic E-state index is 6.82. The zero-order chi connectivity index (χ0) is 41.0. The van der Waals surface area contributed by atoms with E-state index in [4.69, 9.17) is 19.4 Å². The molecular weight excluding hydrogens is 757 g/mol. The number of hydrogen-bond donors (Lipinski definition) is 0. The Hall–Kier alpha value is -8.41. The van der Waals surface area contributed by atoms with Crippen LogP contribution in [-0.2, 0) is 0 Å². The first kappa shape index (κ1) is 35.5. The first-order chi connectivity index (χ1) is 30.7. The maximum atomic E-state index is 6.82. The van der Waals surface area contributed by atoms with Gasteiger partial charge in [0.1, 0.15) is 11.2 Å². The topological polar surface area (TPSA) is 56.7 Å². The highest BCUT2D eigenvalue weighted by Crippen LogP contribution is 2.41. The average molecular weight is 793 g/mol. The van der Waals surface area contributed by atoms with Crippen molar-refractivity contribution < 1.29 is 4.42 Å². The Labute approximate surface area is 357 Å². The van der Waals surface area contributed by atoms with Gasteiger partial charge in [0.05, 0.1) is 11.0 Å². The minimum absolute atomic E-state index is 0.629. The van der Waals surface area contributed by atoms with E-state index in [1.165, 1.54) is 27.4 Å². The minimum Gasteiger partial charge on any atom is -0.455 e. The summed E-state index contributed by atoms with van der Waals surface area (Å²) in [4.78, 5) is 14.7. The number of para-hydroxylation sites is 2. The molecule has 12 rings (SSSR count). The second kappa shape index (κ2) is 14.7. The summed E-state index contributed by atoms with van der Waals surface area (Å²) >= 11 is 0. The molecule has 0 N–H and O–H groups in total. The Morgan fingerprint density at radius 1 is 0.306 bits per heavy atom. The van der Waals surface area contributed by atoms with Gasteiger partial charge in [0, 0.05) is 49.5 Å². The lowest BCUT2D eigenvalue weighted by atomic mass is 9.98. The molecular formula is C57H36N4O. The van der Waals surface area contributed by atoms with Gasteiger partial charge in [0.2, 0.25) is 0 Å². The van der Waals surface area contributed by atoms with E-state index in [-0.39, 0.29) is 0 Å². The van der Waals surface area contributed by atoms with Gasteiger partial charge in [-0.15, -0.1) is 0 Å². The molecule has 0 unspecified atom stereocenters. The molecule has 0 atom stereocenters. The van der Waals surface area contributed by atoms with Gasteiger partial charge in [-0.2, -0.15) is 0 Å². The third kappa shape index (κ3) is 6.14. The van der Waals surface area contributed by atoms with Crippen LogP contribution < -0.4 is 0 Å². The predicted octanol–water partition coefficient (Wildman–Crippen LogP) is 14.9. The first-order valence-electron chi connectivity index (χ1n) is 20.8. The van der Waals surface area contributed by atoms with Crippen LogP contribution in [0.2, 0.25) is 0 Å². The van der Waals surface area contributed by atoms with Gasteiger partial charge in [-0.3, -0.25) is 0 Å². The number of hydrogen-bond acceptors (Lipinski definition) is 4. The van der Waals surface area contributed by atoms with Crippen LogP contribution >= 0.6 is 0 Å². The summed E-state index contributed by atoms with van der Waals surface area (Å²) < 4.78 is 9.19. The van der Waals surface area contributed by atoms with E-state index in [2.05, 4.69) is 162 Å². The molecule has 0 aliphatic heterocycles. The second-order valence-corrected chi connectivity index (χ2v) is 15.6. The summed E-state index contributed by atoms with van der Waals surface area (Å²) in [5.74, 6) is 1.91. The van der Waals surface area contributed by atoms with E-state index < -0.39 is 0 Å². The SMILES string of the molecule is c1ccc(-c2ccc3c(c2)c2cc(-c4cccc5c4oc4cc(-c6ccc(-c7nc(-c8ccccc8)nc(-c8ccccc8)n7)cc6)ccc45)ccc2n3-c2ccccc2)cc1. The van der Waals surface area contributed by atoms with Crippen LogP contribution in [0.3, 0.4) is 0 Å². The zero-order valence-corrected chi connectivity index (χ0v) is 33.5. The summed E-state index contributed by atoms with van der Waals surface area (Å²) in [5, 5.41) is 4.59. The van der Waals surface area contributed by atoms with Gasteiger partial charge in [0.25, 0.3) is 0 Å². The molecule has 5 heteroatoms. The summed E-state index contributed by atoms with van der Waals surface area (Å²) in [6, 6.07) is 76.4. The van der Waals surface area contributed by atoms with Gasteiger partial charge in [-0.25, -0.2) is 15.0 Å². The van der Waals surface area contributed by atoms with Crippen molar-refractivity contribution in [1.82, 2.24) is 19.5 Å². The Morgan fingerprint density at radius 3 is 1.37 bits per heavy atom. The monoisotopic (exact) mass is 792 g/mol. The van der Waals surface area contributed by atoms with Crippen LogP contribution in [0.1, 0.15) is 0 Å². The second-order valence-electron chi connectivity index (χ2n) is 15.6. The van der Waals surface area contributed by atoms with Gasteiger partial charge < -0.3 is 8.98 Å². The Bertz CT molecular complexity index is 3540. The van der Waals surface area contributed by atoms with E-state index in [0.29, 0.717) is 17.5 Å². The number of fused-ring (bicyclic) bond motifs is 6. The molecule has 5 nitrogen and oxygen atoms in total. The molecule has 0 bridgehead atoms. The standard InChI is InChI=1S/C57H36N4O/c1-5-14-37(15-6-1)42-29-32-51-49(34-42)50-35-44(30-33-52(50)61(51)45-20-11-4-12-21-45)46-22-13-23-48-47-31-28-43(36-53(47)62-54(46)48)38-24-26-41(27-25-38)57-59-55(39-16-7-2-8-17-39)58-56(60-57)40-18-9-3-10-19-40/h1-36H. The average Bonchev–Trinajstić information content (AvgIpc) is 3.90. The van der Waals surface area contributed by atoms with Crippen molar-refractivity contribution in [1.29, 1.82) is 0 Å². The molecule has 0 saturated heterocycles. The smallest absolute Gasteiger partial charge is 0.164 e. The minimum atomic E-state index is 0.629. The fourth-order valence-electron chi connectivity index (χ4n) is 8.81. The van der Waals surface area contributed by atoms with Crippen LogP contribution in [-0.4, -0.2) is 19.5 Å². The zero-order valence-electron chi connectivity index (χ0n) is 33.5. The van der Waals surface area contributed by atoms with Gasteiger partial charge in [-0.1, -0.05) is 170 Å². The third-order valence-electron chi connectivity index (χ3n) is 11.9.